The van der Waals surface area contributed by atoms with Crippen molar-refractivity contribution in [2.75, 3.05) is 32.7 Å². The van der Waals surface area contributed by atoms with E-state index in [1.807, 2.05) is 44.0 Å². The maximum atomic E-state index is 11.7. The second-order valence-corrected chi connectivity index (χ2v) is 5.96. The lowest BCUT2D eigenvalue weighted by atomic mass is 9.93. The van der Waals surface area contributed by atoms with Gasteiger partial charge in [0.1, 0.15) is 5.75 Å². The van der Waals surface area contributed by atoms with Crippen LogP contribution in [0.3, 0.4) is 0 Å². The molecule has 0 aliphatic heterocycles. The Morgan fingerprint density at radius 3 is 2.53 bits per heavy atom. The molecule has 0 aromatic heterocycles. The van der Waals surface area contributed by atoms with E-state index < -0.39 is 5.41 Å². The number of anilines is 1. The molecule has 0 aliphatic carbocycles. The summed E-state index contributed by atoms with van der Waals surface area (Å²) in [6, 6.07) is 5.77. The monoisotopic (exact) mass is 329 g/mol. The van der Waals surface area contributed by atoms with Crippen LogP contribution in [0.25, 0.3) is 0 Å². The van der Waals surface area contributed by atoms with Crippen LogP contribution in [-0.4, -0.2) is 33.8 Å². The van der Waals surface area contributed by atoms with E-state index in [-0.39, 0.29) is 5.97 Å². The maximum Gasteiger partial charge on any atom is 0.313 e. The van der Waals surface area contributed by atoms with E-state index in [9.17, 15) is 4.79 Å². The summed E-state index contributed by atoms with van der Waals surface area (Å²) in [5.41, 5.74) is 0.338. The highest BCUT2D eigenvalue weighted by atomic mass is 79.9. The molecule has 0 N–H and O–H groups in total. The molecule has 0 unspecified atom stereocenters. The number of methoxy groups -OCH3 is 2. The van der Waals surface area contributed by atoms with Gasteiger partial charge in [0, 0.05) is 18.1 Å². The number of ether oxygens (including phenoxy) is 2. The summed E-state index contributed by atoms with van der Waals surface area (Å²) < 4.78 is 11.1. The number of esters is 1. The molecular formula is C14H20BrNO3. The lowest BCUT2D eigenvalue weighted by Gasteiger charge is -2.30. The summed E-state index contributed by atoms with van der Waals surface area (Å²) in [6.45, 7) is 4.26. The number of carbonyl (C=O) groups excluding carboxylic acids is 1. The minimum absolute atomic E-state index is 0.228. The van der Waals surface area contributed by atoms with Gasteiger partial charge in [-0.25, -0.2) is 0 Å². The molecule has 0 fully saturated rings. The van der Waals surface area contributed by atoms with Crippen molar-refractivity contribution in [3.8, 4) is 5.75 Å². The lowest BCUT2D eigenvalue weighted by Crippen LogP contribution is -2.38. The van der Waals surface area contributed by atoms with E-state index in [4.69, 9.17) is 9.47 Å². The standard InChI is InChI=1S/C14H20BrNO3/c1-14(2,13(17)19-5)9-16(3)11-8-10(15)6-7-12(11)18-4/h6-8H,9H2,1-5H3. The van der Waals surface area contributed by atoms with E-state index in [1.54, 1.807) is 7.11 Å². The van der Waals surface area contributed by atoms with Crippen molar-refractivity contribution in [2.45, 2.75) is 13.8 Å². The fourth-order valence-corrected chi connectivity index (χ4v) is 2.33. The van der Waals surface area contributed by atoms with Gasteiger partial charge >= 0.3 is 5.97 Å². The van der Waals surface area contributed by atoms with Crippen LogP contribution in [0.5, 0.6) is 5.75 Å². The fourth-order valence-electron chi connectivity index (χ4n) is 1.98. The van der Waals surface area contributed by atoms with Crippen molar-refractivity contribution in [3.05, 3.63) is 22.7 Å². The van der Waals surface area contributed by atoms with Crippen LogP contribution in [0.2, 0.25) is 0 Å². The van der Waals surface area contributed by atoms with Crippen molar-refractivity contribution < 1.29 is 14.3 Å². The third-order valence-corrected chi connectivity index (χ3v) is 3.42. The summed E-state index contributed by atoms with van der Waals surface area (Å²) in [5.74, 6) is 0.541. The Balaban J connectivity index is 2.98. The predicted octanol–water partition coefficient (Wildman–Crippen LogP) is 3.09. The van der Waals surface area contributed by atoms with Gasteiger partial charge in [-0.05, 0) is 32.0 Å². The number of halogens is 1. The molecule has 0 amide bonds. The zero-order chi connectivity index (χ0) is 14.6. The number of hydrogen-bond donors (Lipinski definition) is 0. The Morgan fingerprint density at radius 2 is 2.00 bits per heavy atom. The second-order valence-electron chi connectivity index (χ2n) is 5.05. The number of hydrogen-bond acceptors (Lipinski definition) is 4. The minimum atomic E-state index is -0.586. The molecule has 1 aromatic rings. The highest BCUT2D eigenvalue weighted by Crippen LogP contribution is 2.32. The molecule has 0 radical (unpaired) electrons. The second kappa shape index (κ2) is 6.28. The Bertz CT molecular complexity index is 460. The molecule has 0 spiro atoms. The molecule has 5 heteroatoms. The zero-order valence-electron chi connectivity index (χ0n) is 12.0. The van der Waals surface area contributed by atoms with Gasteiger partial charge in [-0.2, -0.15) is 0 Å². The highest BCUT2D eigenvalue weighted by molar-refractivity contribution is 9.10. The summed E-state index contributed by atoms with van der Waals surface area (Å²) in [4.78, 5) is 13.7. The Morgan fingerprint density at radius 1 is 1.37 bits per heavy atom. The van der Waals surface area contributed by atoms with Crippen LogP contribution < -0.4 is 9.64 Å². The Labute approximate surface area is 122 Å². The predicted molar refractivity (Wildman–Crippen MR) is 79.8 cm³/mol. The molecule has 0 bridgehead atoms. The van der Waals surface area contributed by atoms with Gasteiger partial charge in [-0.1, -0.05) is 15.9 Å². The largest absolute Gasteiger partial charge is 0.495 e. The third kappa shape index (κ3) is 3.86. The van der Waals surface area contributed by atoms with Crippen LogP contribution in [-0.2, 0) is 9.53 Å². The van der Waals surface area contributed by atoms with Gasteiger partial charge in [-0.3, -0.25) is 4.79 Å². The van der Waals surface area contributed by atoms with Crippen molar-refractivity contribution in [3.63, 3.8) is 0 Å². The molecule has 0 saturated carbocycles. The van der Waals surface area contributed by atoms with Crippen LogP contribution in [0.15, 0.2) is 22.7 Å². The summed E-state index contributed by atoms with van der Waals surface area (Å²) in [6.07, 6.45) is 0. The van der Waals surface area contributed by atoms with Crippen LogP contribution in [0.4, 0.5) is 5.69 Å². The summed E-state index contributed by atoms with van der Waals surface area (Å²) >= 11 is 3.44. The lowest BCUT2D eigenvalue weighted by molar-refractivity contribution is -0.150. The molecule has 106 valence electrons. The third-order valence-electron chi connectivity index (χ3n) is 2.92. The maximum absolute atomic E-state index is 11.7. The van der Waals surface area contributed by atoms with E-state index in [0.29, 0.717) is 6.54 Å². The number of nitrogens with zero attached hydrogens (tertiary/aromatic N) is 1. The smallest absolute Gasteiger partial charge is 0.313 e. The number of carbonyl (C=O) groups is 1. The topological polar surface area (TPSA) is 38.8 Å². The minimum Gasteiger partial charge on any atom is -0.495 e. The Hall–Kier alpha value is -1.23. The first-order chi connectivity index (χ1) is 8.81. The molecule has 1 aromatic carbocycles. The first-order valence-electron chi connectivity index (χ1n) is 5.95. The molecule has 4 nitrogen and oxygen atoms in total. The first kappa shape index (κ1) is 15.8. The van der Waals surface area contributed by atoms with E-state index in [2.05, 4.69) is 15.9 Å². The van der Waals surface area contributed by atoms with Crippen molar-refractivity contribution in [1.82, 2.24) is 0 Å². The van der Waals surface area contributed by atoms with E-state index in [1.165, 1.54) is 7.11 Å². The molecule has 0 atom stereocenters. The number of rotatable bonds is 5. The average Bonchev–Trinajstić information content (AvgIpc) is 2.37. The quantitative estimate of drug-likeness (QED) is 0.778. The van der Waals surface area contributed by atoms with Gasteiger partial charge in [0.2, 0.25) is 0 Å². The fraction of sp³-hybridized carbons (Fsp3) is 0.500. The molecule has 1 rings (SSSR count). The SMILES string of the molecule is COC(=O)C(C)(C)CN(C)c1cc(Br)ccc1OC. The first-order valence-corrected chi connectivity index (χ1v) is 6.74. The van der Waals surface area contributed by atoms with Crippen molar-refractivity contribution in [2.24, 2.45) is 5.41 Å². The zero-order valence-corrected chi connectivity index (χ0v) is 13.6. The summed E-state index contributed by atoms with van der Waals surface area (Å²) in [7, 11) is 4.96. The van der Waals surface area contributed by atoms with Gasteiger partial charge < -0.3 is 14.4 Å². The van der Waals surface area contributed by atoms with Crippen molar-refractivity contribution in [1.29, 1.82) is 0 Å². The van der Waals surface area contributed by atoms with E-state index >= 15 is 0 Å². The molecule has 0 aliphatic rings. The highest BCUT2D eigenvalue weighted by Gasteiger charge is 2.30. The van der Waals surface area contributed by atoms with E-state index in [0.717, 1.165) is 15.9 Å². The van der Waals surface area contributed by atoms with Gasteiger partial charge in [0.05, 0.1) is 25.3 Å². The molecule has 19 heavy (non-hydrogen) atoms. The van der Waals surface area contributed by atoms with Crippen LogP contribution in [0, 0.1) is 5.41 Å². The number of benzene rings is 1. The Kier molecular flexibility index (Phi) is 5.23. The van der Waals surface area contributed by atoms with Crippen molar-refractivity contribution >= 4 is 27.6 Å². The van der Waals surface area contributed by atoms with Gasteiger partial charge in [-0.15, -0.1) is 0 Å². The van der Waals surface area contributed by atoms with Gasteiger partial charge in [0.15, 0.2) is 0 Å². The molecule has 0 saturated heterocycles. The van der Waals surface area contributed by atoms with Crippen LogP contribution >= 0.6 is 15.9 Å². The molecular weight excluding hydrogens is 310 g/mol. The summed E-state index contributed by atoms with van der Waals surface area (Å²) in [5, 5.41) is 0. The normalized spacial score (nSPS) is 11.1. The molecule has 0 heterocycles. The van der Waals surface area contributed by atoms with Crippen LogP contribution in [0.1, 0.15) is 13.8 Å². The average molecular weight is 330 g/mol. The van der Waals surface area contributed by atoms with Gasteiger partial charge in [0.25, 0.3) is 0 Å².